The molecule has 1 aromatic rings. The molecule has 8 heteroatoms. The van der Waals surface area contributed by atoms with Gasteiger partial charge in [0.2, 0.25) is 0 Å². The molecule has 0 fully saturated rings. The SMILES string of the molecule is CCOP(=O)(/C=C/c1ccc(C(F)(F)F)cc1CO)OCC. The molecule has 0 unspecified atom stereocenters. The molecule has 0 saturated carbocycles. The summed E-state index contributed by atoms with van der Waals surface area (Å²) in [6.45, 7) is 3.06. The van der Waals surface area contributed by atoms with E-state index in [4.69, 9.17) is 9.05 Å². The van der Waals surface area contributed by atoms with E-state index in [9.17, 15) is 22.8 Å². The van der Waals surface area contributed by atoms with Gasteiger partial charge in [-0.05, 0) is 43.2 Å². The Morgan fingerprint density at radius 2 is 1.82 bits per heavy atom. The predicted molar refractivity (Wildman–Crippen MR) is 77.3 cm³/mol. The van der Waals surface area contributed by atoms with Gasteiger partial charge in [-0.2, -0.15) is 13.2 Å². The number of halogens is 3. The first kappa shape index (κ1) is 18.9. The molecule has 4 nitrogen and oxygen atoms in total. The van der Waals surface area contributed by atoms with Crippen LogP contribution in [0.4, 0.5) is 13.2 Å². The fourth-order valence-electron chi connectivity index (χ4n) is 1.74. The summed E-state index contributed by atoms with van der Waals surface area (Å²) in [7, 11) is -3.44. The number of hydrogen-bond acceptors (Lipinski definition) is 4. The van der Waals surface area contributed by atoms with Gasteiger partial charge in [-0.25, -0.2) is 0 Å². The Kier molecular flexibility index (Phi) is 6.81. The molecule has 0 aliphatic carbocycles. The monoisotopic (exact) mass is 338 g/mol. The zero-order valence-electron chi connectivity index (χ0n) is 12.3. The van der Waals surface area contributed by atoms with Crippen molar-refractivity contribution in [2.24, 2.45) is 0 Å². The van der Waals surface area contributed by atoms with Gasteiger partial charge in [-0.15, -0.1) is 0 Å². The third-order valence-electron chi connectivity index (χ3n) is 2.70. The molecule has 0 atom stereocenters. The topological polar surface area (TPSA) is 55.8 Å². The van der Waals surface area contributed by atoms with Crippen LogP contribution in [0.15, 0.2) is 24.0 Å². The van der Waals surface area contributed by atoms with Crippen LogP contribution in [0.2, 0.25) is 0 Å². The molecule has 0 bridgehead atoms. The summed E-state index contributed by atoms with van der Waals surface area (Å²) < 4.78 is 60.2. The lowest BCUT2D eigenvalue weighted by atomic mass is 10.0. The fourth-order valence-corrected chi connectivity index (χ4v) is 3.05. The summed E-state index contributed by atoms with van der Waals surface area (Å²) in [5, 5.41) is 9.21. The Bertz CT molecular complexity index is 560. The van der Waals surface area contributed by atoms with Crippen molar-refractivity contribution in [3.05, 3.63) is 40.7 Å². The number of aliphatic hydroxyl groups is 1. The Hall–Kier alpha value is -1.14. The van der Waals surface area contributed by atoms with Gasteiger partial charge in [-0.3, -0.25) is 4.57 Å². The van der Waals surface area contributed by atoms with Gasteiger partial charge in [0.1, 0.15) is 0 Å². The lowest BCUT2D eigenvalue weighted by Crippen LogP contribution is -2.06. The summed E-state index contributed by atoms with van der Waals surface area (Å²) in [6.07, 6.45) is -3.16. The highest BCUT2D eigenvalue weighted by Crippen LogP contribution is 2.50. The van der Waals surface area contributed by atoms with Crippen LogP contribution in [0.1, 0.15) is 30.5 Å². The summed E-state index contributed by atoms with van der Waals surface area (Å²) in [6, 6.07) is 2.95. The maximum absolute atomic E-state index is 12.6. The highest BCUT2D eigenvalue weighted by molar-refractivity contribution is 7.57. The van der Waals surface area contributed by atoms with Crippen LogP contribution in [0.5, 0.6) is 0 Å². The van der Waals surface area contributed by atoms with Gasteiger partial charge in [0.15, 0.2) is 0 Å². The Balaban J connectivity index is 3.11. The van der Waals surface area contributed by atoms with Crippen molar-refractivity contribution in [2.45, 2.75) is 26.6 Å². The lowest BCUT2D eigenvalue weighted by Gasteiger charge is -2.13. The second-order valence-corrected chi connectivity index (χ2v) is 6.15. The average Bonchev–Trinajstić information content (AvgIpc) is 2.44. The van der Waals surface area contributed by atoms with Crippen LogP contribution in [-0.2, 0) is 26.4 Å². The van der Waals surface area contributed by atoms with E-state index in [1.54, 1.807) is 13.8 Å². The molecule has 0 aliphatic rings. The highest BCUT2D eigenvalue weighted by Gasteiger charge is 2.30. The average molecular weight is 338 g/mol. The number of hydrogen-bond donors (Lipinski definition) is 1. The smallest absolute Gasteiger partial charge is 0.392 e. The van der Waals surface area contributed by atoms with E-state index in [0.717, 1.165) is 12.1 Å². The van der Waals surface area contributed by atoms with Crippen LogP contribution in [0.3, 0.4) is 0 Å². The molecule has 0 saturated heterocycles. The van der Waals surface area contributed by atoms with E-state index >= 15 is 0 Å². The van der Waals surface area contributed by atoms with E-state index in [1.165, 1.54) is 18.0 Å². The van der Waals surface area contributed by atoms with Crippen LogP contribution in [-0.4, -0.2) is 18.3 Å². The number of alkyl halides is 3. The first-order valence-electron chi connectivity index (χ1n) is 6.64. The minimum absolute atomic E-state index is 0.0746. The zero-order chi connectivity index (χ0) is 16.8. The third-order valence-corrected chi connectivity index (χ3v) is 4.45. The summed E-state index contributed by atoms with van der Waals surface area (Å²) in [5.41, 5.74) is -0.466. The molecule has 0 aromatic heterocycles. The molecule has 0 spiro atoms. The summed E-state index contributed by atoms with van der Waals surface area (Å²) >= 11 is 0. The molecule has 0 aliphatic heterocycles. The summed E-state index contributed by atoms with van der Waals surface area (Å²) in [5.74, 6) is 1.18. The van der Waals surface area contributed by atoms with Gasteiger partial charge in [0.05, 0.1) is 25.4 Å². The Labute approximate surface area is 127 Å². The molecule has 22 heavy (non-hydrogen) atoms. The van der Waals surface area contributed by atoms with Crippen LogP contribution in [0.25, 0.3) is 6.08 Å². The maximum Gasteiger partial charge on any atom is 0.416 e. The molecule has 0 amide bonds. The Morgan fingerprint density at radius 3 is 2.27 bits per heavy atom. The minimum atomic E-state index is -4.49. The van der Waals surface area contributed by atoms with Crippen molar-refractivity contribution in [2.75, 3.05) is 13.2 Å². The molecule has 1 N–H and O–H groups in total. The second-order valence-electron chi connectivity index (χ2n) is 4.26. The van der Waals surface area contributed by atoms with E-state index in [1.807, 2.05) is 0 Å². The van der Waals surface area contributed by atoms with Gasteiger partial charge >= 0.3 is 13.8 Å². The quantitative estimate of drug-likeness (QED) is 0.747. The van der Waals surface area contributed by atoms with Crippen LogP contribution < -0.4 is 0 Å². The molecule has 0 heterocycles. The molecular weight excluding hydrogens is 320 g/mol. The maximum atomic E-state index is 12.6. The van der Waals surface area contributed by atoms with E-state index in [2.05, 4.69) is 0 Å². The normalized spacial score (nSPS) is 13.0. The first-order chi connectivity index (χ1) is 10.3. The van der Waals surface area contributed by atoms with E-state index < -0.39 is 25.9 Å². The molecule has 1 rings (SSSR count). The molecule has 1 aromatic carbocycles. The van der Waals surface area contributed by atoms with E-state index in [-0.39, 0.29) is 18.8 Å². The highest BCUT2D eigenvalue weighted by atomic mass is 31.2. The molecular formula is C14H18F3O4P. The van der Waals surface area contributed by atoms with Crippen LogP contribution in [0, 0.1) is 0 Å². The molecule has 0 radical (unpaired) electrons. The second kappa shape index (κ2) is 7.92. The van der Waals surface area contributed by atoms with Crippen molar-refractivity contribution in [1.29, 1.82) is 0 Å². The van der Waals surface area contributed by atoms with Crippen LogP contribution >= 0.6 is 7.60 Å². The third kappa shape index (κ3) is 5.25. The lowest BCUT2D eigenvalue weighted by molar-refractivity contribution is -0.137. The van der Waals surface area contributed by atoms with Crippen molar-refractivity contribution in [3.63, 3.8) is 0 Å². The number of aliphatic hydroxyl groups excluding tert-OH is 1. The number of benzene rings is 1. The van der Waals surface area contributed by atoms with Gasteiger partial charge in [0, 0.05) is 5.82 Å². The van der Waals surface area contributed by atoms with Gasteiger partial charge in [0.25, 0.3) is 0 Å². The fraction of sp³-hybridized carbons (Fsp3) is 0.429. The van der Waals surface area contributed by atoms with Crippen molar-refractivity contribution in [1.82, 2.24) is 0 Å². The zero-order valence-corrected chi connectivity index (χ0v) is 13.2. The molecule has 124 valence electrons. The van der Waals surface area contributed by atoms with E-state index in [0.29, 0.717) is 5.56 Å². The predicted octanol–water partition coefficient (Wildman–Crippen LogP) is 4.43. The van der Waals surface area contributed by atoms with Gasteiger partial charge in [-0.1, -0.05) is 6.07 Å². The number of rotatable bonds is 7. The van der Waals surface area contributed by atoms with Gasteiger partial charge < -0.3 is 14.2 Å². The van der Waals surface area contributed by atoms with Crippen molar-refractivity contribution in [3.8, 4) is 0 Å². The standard InChI is InChI=1S/C14H18F3O4P/c1-3-20-22(19,21-4-2)8-7-11-5-6-13(14(15,16)17)9-12(11)10-18/h5-9,18H,3-4,10H2,1-2H3/b8-7+. The summed E-state index contributed by atoms with van der Waals surface area (Å²) in [4.78, 5) is 0. The Morgan fingerprint density at radius 1 is 1.23 bits per heavy atom. The first-order valence-corrected chi connectivity index (χ1v) is 8.26. The largest absolute Gasteiger partial charge is 0.416 e. The minimum Gasteiger partial charge on any atom is -0.392 e. The van der Waals surface area contributed by atoms with Crippen molar-refractivity contribution >= 4 is 13.7 Å². The van der Waals surface area contributed by atoms with Crippen molar-refractivity contribution < 1.29 is 31.9 Å².